The third-order valence-electron chi connectivity index (χ3n) is 6.56. The normalized spacial score (nSPS) is 14.3. The second-order valence-corrected chi connectivity index (χ2v) is 11.8. The first-order chi connectivity index (χ1) is 21.9. The minimum Gasteiger partial charge on any atom is -0.480 e. The summed E-state index contributed by atoms with van der Waals surface area (Å²) in [5.74, 6) is -7.08. The third kappa shape index (κ3) is 17.1. The molecule has 0 aliphatic rings. The number of guanidine groups is 1. The number of carbonyl (C=O) groups is 7. The Hall–Kier alpha value is -3.82. The predicted octanol–water partition coefficient (Wildman–Crippen LogP) is -4.64. The van der Waals surface area contributed by atoms with Gasteiger partial charge in [0.15, 0.2) is 5.96 Å². The molecule has 21 heteroatoms. The van der Waals surface area contributed by atoms with Crippen molar-refractivity contribution in [1.82, 2.24) is 31.9 Å². The van der Waals surface area contributed by atoms with Crippen LogP contribution in [0.4, 0.5) is 0 Å². The molecular formula is C26H49N11O8S2. The molecule has 0 unspecified atom stereocenters. The molecule has 0 aliphatic carbocycles. The van der Waals surface area contributed by atoms with E-state index in [0.717, 1.165) is 0 Å². The number of primary amides is 1. The fourth-order valence-corrected chi connectivity index (χ4v) is 4.27. The molecule has 19 nitrogen and oxygen atoms in total. The van der Waals surface area contributed by atoms with Gasteiger partial charge in [-0.15, -0.1) is 0 Å². The largest absolute Gasteiger partial charge is 0.480 e. The van der Waals surface area contributed by atoms with Gasteiger partial charge in [0.05, 0.1) is 12.5 Å². The molecule has 47 heavy (non-hydrogen) atoms. The van der Waals surface area contributed by atoms with Crippen LogP contribution in [0.25, 0.3) is 0 Å². The third-order valence-corrected chi connectivity index (χ3v) is 7.32. The van der Waals surface area contributed by atoms with Crippen molar-refractivity contribution in [1.29, 1.82) is 5.41 Å². The predicted molar refractivity (Wildman–Crippen MR) is 179 cm³/mol. The number of unbranched alkanes of at least 4 members (excludes halogenated alkanes) is 1. The van der Waals surface area contributed by atoms with Crippen LogP contribution in [0.3, 0.4) is 0 Å². The molecule has 0 bridgehead atoms. The quantitative estimate of drug-likeness (QED) is 0.0206. The molecule has 6 amide bonds. The molecule has 0 fully saturated rings. The number of hydrogen-bond donors (Lipinski definition) is 14. The lowest BCUT2D eigenvalue weighted by molar-refractivity contribution is -0.142. The molecule has 0 rings (SSSR count). The zero-order valence-electron chi connectivity index (χ0n) is 26.5. The van der Waals surface area contributed by atoms with E-state index >= 15 is 0 Å². The van der Waals surface area contributed by atoms with Gasteiger partial charge >= 0.3 is 5.97 Å². The van der Waals surface area contributed by atoms with Gasteiger partial charge < -0.3 is 59.9 Å². The van der Waals surface area contributed by atoms with E-state index in [0.29, 0.717) is 19.4 Å². The van der Waals surface area contributed by atoms with Crippen molar-refractivity contribution < 1.29 is 38.7 Å². The average Bonchev–Trinajstić information content (AvgIpc) is 2.98. The van der Waals surface area contributed by atoms with Gasteiger partial charge in [0.2, 0.25) is 35.4 Å². The zero-order valence-corrected chi connectivity index (χ0v) is 28.3. The van der Waals surface area contributed by atoms with Crippen LogP contribution >= 0.6 is 25.3 Å². The topological polar surface area (TPSA) is 340 Å². The summed E-state index contributed by atoms with van der Waals surface area (Å²) in [6, 6.07) is -6.35. The number of aliphatic carboxylic acids is 1. The van der Waals surface area contributed by atoms with E-state index < -0.39 is 83.6 Å². The summed E-state index contributed by atoms with van der Waals surface area (Å²) in [5, 5.41) is 31.2. The van der Waals surface area contributed by atoms with Gasteiger partial charge in [0.1, 0.15) is 29.7 Å². The number of amides is 6. The van der Waals surface area contributed by atoms with Crippen molar-refractivity contribution in [2.45, 2.75) is 88.1 Å². The summed E-state index contributed by atoms with van der Waals surface area (Å²) in [5.41, 5.74) is 20.1. The molecule has 0 aliphatic heterocycles. The van der Waals surface area contributed by atoms with Crippen LogP contribution in [0, 0.1) is 5.41 Å². The Morgan fingerprint density at radius 1 is 0.766 bits per heavy atom. The van der Waals surface area contributed by atoms with E-state index in [1.54, 1.807) is 0 Å². The van der Waals surface area contributed by atoms with Crippen molar-refractivity contribution >= 4 is 72.6 Å². The van der Waals surface area contributed by atoms with Gasteiger partial charge in [0, 0.05) is 18.1 Å². The Bertz CT molecular complexity index is 1130. The Morgan fingerprint density at radius 3 is 1.81 bits per heavy atom. The molecule has 0 saturated carbocycles. The maximum Gasteiger partial charge on any atom is 0.327 e. The van der Waals surface area contributed by atoms with E-state index in [-0.39, 0.29) is 43.3 Å². The van der Waals surface area contributed by atoms with Crippen LogP contribution in [0.1, 0.15) is 52.4 Å². The number of carbonyl (C=O) groups excluding carboxylic acids is 6. The molecule has 16 N–H and O–H groups in total. The molecule has 0 heterocycles. The van der Waals surface area contributed by atoms with Crippen molar-refractivity contribution in [2.75, 3.05) is 24.6 Å². The highest BCUT2D eigenvalue weighted by Gasteiger charge is 2.37. The highest BCUT2D eigenvalue weighted by Crippen LogP contribution is 2.09. The monoisotopic (exact) mass is 707 g/mol. The van der Waals surface area contributed by atoms with Crippen LogP contribution in [0.15, 0.2) is 0 Å². The smallest absolute Gasteiger partial charge is 0.327 e. The minimum absolute atomic E-state index is 0.00217. The Labute approximate surface area is 283 Å². The van der Waals surface area contributed by atoms with Gasteiger partial charge in [-0.2, -0.15) is 25.3 Å². The maximum absolute atomic E-state index is 13.5. The fraction of sp³-hybridized carbons (Fsp3) is 0.692. The van der Waals surface area contributed by atoms with Crippen LogP contribution in [0.5, 0.6) is 0 Å². The summed E-state index contributed by atoms with van der Waals surface area (Å²) in [6.45, 7) is 3.09. The molecule has 0 spiro atoms. The molecule has 0 aromatic carbocycles. The fourth-order valence-electron chi connectivity index (χ4n) is 3.85. The van der Waals surface area contributed by atoms with Crippen molar-refractivity contribution in [3.05, 3.63) is 0 Å². The van der Waals surface area contributed by atoms with Gasteiger partial charge in [-0.25, -0.2) is 4.79 Å². The van der Waals surface area contributed by atoms with E-state index in [4.69, 9.17) is 28.3 Å². The minimum atomic E-state index is -1.75. The number of hydrogen-bond acceptors (Lipinski definition) is 12. The van der Waals surface area contributed by atoms with Gasteiger partial charge in [-0.1, -0.05) is 0 Å². The number of nitrogens with two attached hydrogens (primary N) is 4. The molecule has 0 aromatic rings. The van der Waals surface area contributed by atoms with E-state index in [2.05, 4.69) is 57.2 Å². The molecule has 0 aromatic heterocycles. The van der Waals surface area contributed by atoms with E-state index in [1.165, 1.54) is 13.8 Å². The van der Waals surface area contributed by atoms with Crippen LogP contribution in [0.2, 0.25) is 0 Å². The van der Waals surface area contributed by atoms with Crippen molar-refractivity contribution in [3.8, 4) is 0 Å². The Balaban J connectivity index is 6.01. The number of thiol groups is 2. The molecule has 0 radical (unpaired) electrons. The van der Waals surface area contributed by atoms with Gasteiger partial charge in [-0.3, -0.25) is 34.2 Å². The lowest BCUT2D eigenvalue weighted by Gasteiger charge is -2.30. The summed E-state index contributed by atoms with van der Waals surface area (Å²) >= 11 is 7.86. The number of carboxylic acid groups (broad SMARTS) is 1. The van der Waals surface area contributed by atoms with E-state index in [1.807, 2.05) is 0 Å². The average molecular weight is 708 g/mol. The SMILES string of the molecule is CC(C)(NC(=O)[C@H](CCCNC(=N)N)NC(=O)[C@H](CCCCN)NC(=O)[C@@H](N)CS)C(=O)N[C@@H](CC(N)=O)C(=O)N[C@@H](CS)C(=O)O. The number of carboxylic acids is 1. The van der Waals surface area contributed by atoms with Crippen molar-refractivity contribution in [3.63, 3.8) is 0 Å². The van der Waals surface area contributed by atoms with Gasteiger partial charge in [0.25, 0.3) is 0 Å². The first-order valence-corrected chi connectivity index (χ1v) is 16.0. The lowest BCUT2D eigenvalue weighted by atomic mass is 10.0. The van der Waals surface area contributed by atoms with Crippen molar-refractivity contribution in [2.24, 2.45) is 22.9 Å². The Morgan fingerprint density at radius 2 is 1.30 bits per heavy atom. The standard InChI is InChI=1S/C26H49N11O8S2/c1-26(2,24(45)36-16(10-18(29)38)21(41)35-17(12-47)23(43)44)37-22(42)15(7-5-9-32-25(30)31)34-20(40)14(6-3-4-8-27)33-19(39)13(28)11-46/h13-17,46-47H,3-12,27-28H2,1-2H3,(H2,29,38)(H,33,39)(H,34,40)(H,35,41)(H,36,45)(H,37,42)(H,43,44)(H4,30,31,32)/t13-,14-,15-,16-,17-/m0/s1. The van der Waals surface area contributed by atoms with E-state index in [9.17, 15) is 38.7 Å². The summed E-state index contributed by atoms with van der Waals surface area (Å²) in [7, 11) is 0. The summed E-state index contributed by atoms with van der Waals surface area (Å²) in [4.78, 5) is 88.1. The first kappa shape index (κ1) is 43.2. The van der Waals surface area contributed by atoms with Crippen LogP contribution < -0.4 is 54.8 Å². The second-order valence-electron chi connectivity index (χ2n) is 11.1. The highest BCUT2D eigenvalue weighted by molar-refractivity contribution is 7.80. The summed E-state index contributed by atoms with van der Waals surface area (Å²) < 4.78 is 0. The van der Waals surface area contributed by atoms with Crippen LogP contribution in [-0.2, 0) is 33.6 Å². The molecule has 0 saturated heterocycles. The van der Waals surface area contributed by atoms with Gasteiger partial charge in [-0.05, 0) is 52.5 Å². The lowest BCUT2D eigenvalue weighted by Crippen LogP contribution is -2.63. The molecule has 5 atom stereocenters. The molecular weight excluding hydrogens is 658 g/mol. The summed E-state index contributed by atoms with van der Waals surface area (Å²) in [6.07, 6.45) is 0.761. The number of nitrogens with one attached hydrogen (secondary N) is 7. The number of rotatable bonds is 23. The first-order valence-electron chi connectivity index (χ1n) is 14.7. The second kappa shape index (κ2) is 21.9. The molecule has 268 valence electrons. The highest BCUT2D eigenvalue weighted by atomic mass is 32.1. The van der Waals surface area contributed by atoms with Crippen LogP contribution in [-0.4, -0.2) is 113 Å². The Kier molecular flexibility index (Phi) is 20.1. The maximum atomic E-state index is 13.5. The zero-order chi connectivity index (χ0) is 36.3.